The number of rotatable bonds is 5. The van der Waals surface area contributed by atoms with E-state index in [2.05, 4.69) is 24.0 Å². The average molecular weight is 270 g/mol. The molecule has 1 heterocycles. The molecule has 0 amide bonds. The normalized spacial score (nSPS) is 24.7. The van der Waals surface area contributed by atoms with E-state index in [0.717, 1.165) is 43.0 Å². The number of aliphatic hydroxyl groups is 1. The highest BCUT2D eigenvalue weighted by molar-refractivity contribution is 7.98. The lowest BCUT2D eigenvalue weighted by Crippen LogP contribution is -2.22. The second-order valence-corrected chi connectivity index (χ2v) is 6.45. The van der Waals surface area contributed by atoms with Crippen LogP contribution in [0.1, 0.15) is 57.2 Å². The predicted molar refractivity (Wildman–Crippen MR) is 72.5 cm³/mol. The van der Waals surface area contributed by atoms with E-state index in [1.807, 2.05) is 11.8 Å². The van der Waals surface area contributed by atoms with E-state index < -0.39 is 0 Å². The van der Waals surface area contributed by atoms with Gasteiger partial charge in [-0.1, -0.05) is 31.8 Å². The maximum atomic E-state index is 9.95. The van der Waals surface area contributed by atoms with Crippen molar-refractivity contribution in [2.45, 2.75) is 57.3 Å². The molecule has 0 aromatic carbocycles. The maximum Gasteiger partial charge on any atom is 0.232 e. The maximum absolute atomic E-state index is 9.95. The lowest BCUT2D eigenvalue weighted by Gasteiger charge is -2.24. The third kappa shape index (κ3) is 3.72. The fourth-order valence-corrected chi connectivity index (χ4v) is 3.15. The largest absolute Gasteiger partial charge is 0.392 e. The number of nitrogens with zero attached hydrogens (tertiary/aromatic N) is 2. The van der Waals surface area contributed by atoms with Crippen molar-refractivity contribution in [2.75, 3.05) is 5.75 Å². The third-order valence-electron chi connectivity index (χ3n) is 3.21. The lowest BCUT2D eigenvalue weighted by atomic mass is 9.86. The van der Waals surface area contributed by atoms with Gasteiger partial charge in [0.15, 0.2) is 5.82 Å². The zero-order valence-electron chi connectivity index (χ0n) is 11.1. The van der Waals surface area contributed by atoms with Crippen LogP contribution in [0.4, 0.5) is 0 Å². The Morgan fingerprint density at radius 1 is 1.39 bits per heavy atom. The van der Waals surface area contributed by atoms with Gasteiger partial charge in [0.2, 0.25) is 5.89 Å². The molecule has 18 heavy (non-hydrogen) atoms. The molecule has 0 bridgehead atoms. The van der Waals surface area contributed by atoms with Crippen LogP contribution in [0.25, 0.3) is 0 Å². The van der Waals surface area contributed by atoms with E-state index >= 15 is 0 Å². The summed E-state index contributed by atoms with van der Waals surface area (Å²) in [6.07, 6.45) is 3.74. The molecule has 2 atom stereocenters. The average Bonchev–Trinajstić information content (AvgIpc) is 2.78. The predicted octanol–water partition coefficient (Wildman–Crippen LogP) is 2.98. The molecular weight excluding hydrogens is 248 g/mol. The molecule has 1 aromatic heterocycles. The molecule has 0 radical (unpaired) electrons. The molecule has 102 valence electrons. The van der Waals surface area contributed by atoms with Gasteiger partial charge in [0.05, 0.1) is 17.8 Å². The fourth-order valence-electron chi connectivity index (χ4n) is 2.26. The molecule has 1 aromatic rings. The van der Waals surface area contributed by atoms with Gasteiger partial charge in [-0.3, -0.25) is 0 Å². The van der Waals surface area contributed by atoms with Crippen molar-refractivity contribution in [3.63, 3.8) is 0 Å². The summed E-state index contributed by atoms with van der Waals surface area (Å²) in [5.41, 5.74) is 0. The van der Waals surface area contributed by atoms with Crippen LogP contribution in [-0.4, -0.2) is 27.1 Å². The van der Waals surface area contributed by atoms with Gasteiger partial charge in [-0.05, 0) is 24.5 Å². The van der Waals surface area contributed by atoms with Gasteiger partial charge in [0, 0.05) is 0 Å². The van der Waals surface area contributed by atoms with Gasteiger partial charge in [-0.15, -0.1) is 0 Å². The summed E-state index contributed by atoms with van der Waals surface area (Å²) in [4.78, 5) is 4.42. The minimum absolute atomic E-state index is 0.0510. The zero-order chi connectivity index (χ0) is 13.0. The minimum Gasteiger partial charge on any atom is -0.392 e. The van der Waals surface area contributed by atoms with Gasteiger partial charge in [0.25, 0.3) is 0 Å². The highest BCUT2D eigenvalue weighted by atomic mass is 32.2. The Morgan fingerprint density at radius 3 is 2.89 bits per heavy atom. The third-order valence-corrected chi connectivity index (χ3v) is 4.58. The molecule has 5 heteroatoms. The molecule has 2 rings (SSSR count). The number of thioether (sulfide) groups is 1. The summed E-state index contributed by atoms with van der Waals surface area (Å²) < 4.78 is 5.30. The molecular formula is C13H22N2O2S. The first-order valence-corrected chi connectivity index (χ1v) is 7.90. The molecule has 0 spiro atoms. The van der Waals surface area contributed by atoms with Gasteiger partial charge in [0.1, 0.15) is 0 Å². The second kappa shape index (κ2) is 6.57. The van der Waals surface area contributed by atoms with Gasteiger partial charge >= 0.3 is 0 Å². The van der Waals surface area contributed by atoms with E-state index in [9.17, 15) is 5.11 Å². The Morgan fingerprint density at radius 2 is 2.17 bits per heavy atom. The van der Waals surface area contributed by atoms with E-state index in [0.29, 0.717) is 11.8 Å². The van der Waals surface area contributed by atoms with Crippen LogP contribution in [0.2, 0.25) is 0 Å². The highest BCUT2D eigenvalue weighted by Gasteiger charge is 2.29. The van der Waals surface area contributed by atoms with E-state index in [-0.39, 0.29) is 12.0 Å². The molecule has 1 fully saturated rings. The van der Waals surface area contributed by atoms with Crippen LogP contribution in [0, 0.1) is 5.92 Å². The van der Waals surface area contributed by atoms with Gasteiger partial charge in [-0.2, -0.15) is 16.7 Å². The Bertz CT molecular complexity index is 368. The highest BCUT2D eigenvalue weighted by Crippen LogP contribution is 2.32. The van der Waals surface area contributed by atoms with Crippen molar-refractivity contribution in [3.8, 4) is 0 Å². The van der Waals surface area contributed by atoms with Crippen LogP contribution >= 0.6 is 11.8 Å². The Hall–Kier alpha value is -0.550. The van der Waals surface area contributed by atoms with Gasteiger partial charge in [-0.25, -0.2) is 0 Å². The van der Waals surface area contributed by atoms with Crippen molar-refractivity contribution in [3.05, 3.63) is 11.7 Å². The van der Waals surface area contributed by atoms with E-state index in [1.165, 1.54) is 0 Å². The monoisotopic (exact) mass is 270 g/mol. The first-order chi connectivity index (χ1) is 8.66. The van der Waals surface area contributed by atoms with Crippen molar-refractivity contribution in [1.29, 1.82) is 0 Å². The Kier molecular flexibility index (Phi) is 5.06. The summed E-state index contributed by atoms with van der Waals surface area (Å²) >= 11 is 1.83. The van der Waals surface area contributed by atoms with Crippen LogP contribution in [0.15, 0.2) is 4.52 Å². The lowest BCUT2D eigenvalue weighted by molar-refractivity contribution is 0.0908. The molecule has 0 aliphatic heterocycles. The molecule has 4 nitrogen and oxygen atoms in total. The quantitative estimate of drug-likeness (QED) is 0.891. The van der Waals surface area contributed by atoms with Crippen LogP contribution in [0.5, 0.6) is 0 Å². The summed E-state index contributed by atoms with van der Waals surface area (Å²) in [5, 5.41) is 14.0. The molecule has 1 aliphatic carbocycles. The van der Waals surface area contributed by atoms with E-state index in [1.54, 1.807) is 0 Å². The number of hydrogen-bond acceptors (Lipinski definition) is 5. The number of aromatic nitrogens is 2. The van der Waals surface area contributed by atoms with E-state index in [4.69, 9.17) is 4.52 Å². The Balaban J connectivity index is 1.88. The van der Waals surface area contributed by atoms with Gasteiger partial charge < -0.3 is 9.63 Å². The minimum atomic E-state index is -0.310. The molecule has 0 saturated heterocycles. The topological polar surface area (TPSA) is 59.2 Å². The van der Waals surface area contributed by atoms with Crippen LogP contribution < -0.4 is 0 Å². The van der Waals surface area contributed by atoms with Crippen molar-refractivity contribution in [1.82, 2.24) is 10.1 Å². The summed E-state index contributed by atoms with van der Waals surface area (Å²) in [5.74, 6) is 4.02. The molecule has 2 unspecified atom stereocenters. The van der Waals surface area contributed by atoms with Crippen molar-refractivity contribution in [2.24, 2.45) is 5.92 Å². The SMILES string of the molecule is CC(C)CSCc1noc(C2CCCCC2O)n1. The standard InChI is InChI=1S/C13H22N2O2S/c1-9(2)7-18-8-12-14-13(17-15-12)10-5-3-4-6-11(10)16/h9-11,16H,3-8H2,1-2H3. The summed E-state index contributed by atoms with van der Waals surface area (Å²) in [6, 6.07) is 0. The van der Waals surface area contributed by atoms with Crippen molar-refractivity contribution < 1.29 is 9.63 Å². The molecule has 1 N–H and O–H groups in total. The first kappa shape index (κ1) is 13.9. The van der Waals surface area contributed by atoms with Crippen molar-refractivity contribution >= 4 is 11.8 Å². The molecule has 1 saturated carbocycles. The number of aliphatic hydroxyl groups excluding tert-OH is 1. The second-order valence-electron chi connectivity index (χ2n) is 5.42. The number of hydrogen-bond donors (Lipinski definition) is 1. The fraction of sp³-hybridized carbons (Fsp3) is 0.846. The summed E-state index contributed by atoms with van der Waals surface area (Å²) in [7, 11) is 0. The Labute approximate surface area is 113 Å². The van der Waals surface area contributed by atoms with Crippen LogP contribution in [-0.2, 0) is 5.75 Å². The zero-order valence-corrected chi connectivity index (χ0v) is 11.9. The summed E-state index contributed by atoms with van der Waals surface area (Å²) in [6.45, 7) is 4.40. The smallest absolute Gasteiger partial charge is 0.232 e. The van der Waals surface area contributed by atoms with Crippen LogP contribution in [0.3, 0.4) is 0 Å². The first-order valence-electron chi connectivity index (χ1n) is 6.75. The molecule has 1 aliphatic rings.